The number of benzene rings is 1. The van der Waals surface area contributed by atoms with Gasteiger partial charge >= 0.3 is 0 Å². The van der Waals surface area contributed by atoms with Crippen LogP contribution in [0, 0.1) is 16.7 Å². The van der Waals surface area contributed by atoms with E-state index in [1.807, 2.05) is 12.1 Å². The van der Waals surface area contributed by atoms with Crippen LogP contribution in [0.15, 0.2) is 22.7 Å². The molecule has 0 spiro atoms. The molecule has 0 N–H and O–H groups in total. The molecule has 0 radical (unpaired) electrons. The summed E-state index contributed by atoms with van der Waals surface area (Å²) in [5, 5.41) is 8.87. The van der Waals surface area contributed by atoms with Crippen molar-refractivity contribution in [2.24, 2.45) is 5.41 Å². The molecule has 0 saturated heterocycles. The van der Waals surface area contributed by atoms with Crippen molar-refractivity contribution in [2.75, 3.05) is 0 Å². The highest BCUT2D eigenvalue weighted by Gasteiger charge is 2.27. The van der Waals surface area contributed by atoms with E-state index in [-0.39, 0.29) is 0 Å². The molecule has 1 aromatic carbocycles. The van der Waals surface area contributed by atoms with E-state index in [1.165, 1.54) is 12.8 Å². The average molecular weight is 308 g/mol. The summed E-state index contributed by atoms with van der Waals surface area (Å²) in [6, 6.07) is 7.70. The molecule has 0 atom stereocenters. The fourth-order valence-electron chi connectivity index (χ4n) is 2.34. The van der Waals surface area contributed by atoms with Crippen LogP contribution in [0.25, 0.3) is 0 Å². The van der Waals surface area contributed by atoms with Crippen LogP contribution in [0.3, 0.4) is 0 Å². The zero-order chi connectivity index (χ0) is 13.2. The molecule has 0 aromatic heterocycles. The molecule has 2 nitrogen and oxygen atoms in total. The van der Waals surface area contributed by atoms with Gasteiger partial charge in [-0.15, -0.1) is 0 Å². The highest BCUT2D eigenvalue weighted by Crippen LogP contribution is 2.36. The maximum atomic E-state index is 8.87. The fraction of sp³-hybridized carbons (Fsp3) is 0.533. The van der Waals surface area contributed by atoms with Crippen LogP contribution >= 0.6 is 15.9 Å². The van der Waals surface area contributed by atoms with Gasteiger partial charge in [0.15, 0.2) is 0 Å². The highest BCUT2D eigenvalue weighted by atomic mass is 79.9. The molecule has 1 fully saturated rings. The maximum absolute atomic E-state index is 8.87. The minimum atomic E-state index is 0.317. The summed E-state index contributed by atoms with van der Waals surface area (Å²) in [7, 11) is 0. The average Bonchev–Trinajstić information content (AvgIpc) is 2.32. The first kappa shape index (κ1) is 13.4. The number of ether oxygens (including phenoxy) is 1. The van der Waals surface area contributed by atoms with Crippen molar-refractivity contribution in [1.82, 2.24) is 0 Å². The van der Waals surface area contributed by atoms with Crippen LogP contribution < -0.4 is 4.74 Å². The molecule has 2 rings (SSSR count). The van der Waals surface area contributed by atoms with Crippen molar-refractivity contribution in [3.8, 4) is 11.8 Å². The minimum absolute atomic E-state index is 0.317. The third-order valence-electron chi connectivity index (χ3n) is 3.65. The molecule has 1 aliphatic carbocycles. The summed E-state index contributed by atoms with van der Waals surface area (Å²) in [5.41, 5.74) is 1.11. The largest absolute Gasteiger partial charge is 0.490 e. The molecule has 0 heterocycles. The van der Waals surface area contributed by atoms with E-state index in [9.17, 15) is 0 Å². The van der Waals surface area contributed by atoms with Crippen molar-refractivity contribution >= 4 is 15.9 Å². The maximum Gasteiger partial charge on any atom is 0.120 e. The van der Waals surface area contributed by atoms with E-state index in [1.54, 1.807) is 6.07 Å². The van der Waals surface area contributed by atoms with E-state index < -0.39 is 0 Å². The SMILES string of the molecule is CC1(C)CCC(Oc2ccc(C#N)c(Br)c2)CC1. The third kappa shape index (κ3) is 3.26. The lowest BCUT2D eigenvalue weighted by molar-refractivity contribution is 0.0987. The van der Waals surface area contributed by atoms with E-state index in [4.69, 9.17) is 10.00 Å². The Hall–Kier alpha value is -1.01. The van der Waals surface area contributed by atoms with E-state index in [0.717, 1.165) is 23.1 Å². The molecule has 1 aromatic rings. The Morgan fingerprint density at radius 3 is 2.56 bits per heavy atom. The first-order valence-electron chi connectivity index (χ1n) is 6.36. The summed E-state index contributed by atoms with van der Waals surface area (Å²) >= 11 is 3.39. The first-order valence-corrected chi connectivity index (χ1v) is 7.16. The molecular formula is C15H18BrNO. The quantitative estimate of drug-likeness (QED) is 0.795. The van der Waals surface area contributed by atoms with Crippen LogP contribution in [0.2, 0.25) is 0 Å². The first-order chi connectivity index (χ1) is 8.50. The normalized spacial score (nSPS) is 19.2. The summed E-state index contributed by atoms with van der Waals surface area (Å²) in [5.74, 6) is 0.852. The van der Waals surface area contributed by atoms with E-state index in [0.29, 0.717) is 17.1 Å². The standard InChI is InChI=1S/C15H18BrNO/c1-15(2)7-5-12(6-8-15)18-13-4-3-11(10-17)14(16)9-13/h3-4,9,12H,5-8H2,1-2H3. The lowest BCUT2D eigenvalue weighted by Crippen LogP contribution is -2.28. The summed E-state index contributed by atoms with van der Waals surface area (Å²) in [6.07, 6.45) is 4.98. The van der Waals surface area contributed by atoms with Crippen molar-refractivity contribution in [3.05, 3.63) is 28.2 Å². The summed E-state index contributed by atoms with van der Waals surface area (Å²) < 4.78 is 6.79. The van der Waals surface area contributed by atoms with Crippen molar-refractivity contribution in [2.45, 2.75) is 45.6 Å². The van der Waals surface area contributed by atoms with Gasteiger partial charge in [0, 0.05) is 4.47 Å². The molecule has 96 valence electrons. The van der Waals surface area contributed by atoms with Gasteiger partial charge in [-0.2, -0.15) is 5.26 Å². The molecular weight excluding hydrogens is 290 g/mol. The molecule has 3 heteroatoms. The third-order valence-corrected chi connectivity index (χ3v) is 4.31. The van der Waals surface area contributed by atoms with Crippen LogP contribution in [0.5, 0.6) is 5.75 Å². The van der Waals surface area contributed by atoms with Crippen LogP contribution in [-0.4, -0.2) is 6.10 Å². The predicted molar refractivity (Wildman–Crippen MR) is 75.5 cm³/mol. The summed E-state index contributed by atoms with van der Waals surface area (Å²) in [6.45, 7) is 4.64. The topological polar surface area (TPSA) is 33.0 Å². The number of halogens is 1. The molecule has 0 aliphatic heterocycles. The van der Waals surface area contributed by atoms with Gasteiger partial charge in [0.05, 0.1) is 11.7 Å². The Balaban J connectivity index is 1.99. The van der Waals surface area contributed by atoms with Crippen LogP contribution in [0.1, 0.15) is 45.1 Å². The van der Waals surface area contributed by atoms with Gasteiger partial charge in [-0.3, -0.25) is 0 Å². The molecule has 1 aliphatic rings. The van der Waals surface area contributed by atoms with Crippen molar-refractivity contribution in [1.29, 1.82) is 5.26 Å². The monoisotopic (exact) mass is 307 g/mol. The van der Waals surface area contributed by atoms with Gasteiger partial charge in [0.1, 0.15) is 11.8 Å². The van der Waals surface area contributed by atoms with Gasteiger partial charge in [-0.1, -0.05) is 13.8 Å². The number of hydrogen-bond donors (Lipinski definition) is 0. The second kappa shape index (κ2) is 5.32. The number of hydrogen-bond acceptors (Lipinski definition) is 2. The minimum Gasteiger partial charge on any atom is -0.490 e. The lowest BCUT2D eigenvalue weighted by atomic mass is 9.76. The molecule has 0 unspecified atom stereocenters. The van der Waals surface area contributed by atoms with E-state index >= 15 is 0 Å². The van der Waals surface area contributed by atoms with Gasteiger partial charge in [-0.05, 0) is 65.2 Å². The number of rotatable bonds is 2. The van der Waals surface area contributed by atoms with E-state index in [2.05, 4.69) is 35.8 Å². The Morgan fingerprint density at radius 2 is 2.00 bits per heavy atom. The second-order valence-electron chi connectivity index (χ2n) is 5.73. The molecule has 0 bridgehead atoms. The van der Waals surface area contributed by atoms with Crippen LogP contribution in [-0.2, 0) is 0 Å². The fourth-order valence-corrected chi connectivity index (χ4v) is 2.79. The molecule has 0 amide bonds. The van der Waals surface area contributed by atoms with Gasteiger partial charge in [0.2, 0.25) is 0 Å². The zero-order valence-corrected chi connectivity index (χ0v) is 12.5. The highest BCUT2D eigenvalue weighted by molar-refractivity contribution is 9.10. The number of nitriles is 1. The Kier molecular flexibility index (Phi) is 3.97. The van der Waals surface area contributed by atoms with Crippen molar-refractivity contribution < 1.29 is 4.74 Å². The molecule has 1 saturated carbocycles. The molecule has 18 heavy (non-hydrogen) atoms. The number of nitrogens with zero attached hydrogens (tertiary/aromatic N) is 1. The van der Waals surface area contributed by atoms with Crippen molar-refractivity contribution in [3.63, 3.8) is 0 Å². The smallest absolute Gasteiger partial charge is 0.120 e. The lowest BCUT2D eigenvalue weighted by Gasteiger charge is -2.34. The van der Waals surface area contributed by atoms with Gasteiger partial charge < -0.3 is 4.74 Å². The van der Waals surface area contributed by atoms with Gasteiger partial charge in [-0.25, -0.2) is 0 Å². The second-order valence-corrected chi connectivity index (χ2v) is 6.59. The zero-order valence-electron chi connectivity index (χ0n) is 10.9. The Morgan fingerprint density at radius 1 is 1.33 bits per heavy atom. The predicted octanol–water partition coefficient (Wildman–Crippen LogP) is 4.67. The summed E-state index contributed by atoms with van der Waals surface area (Å²) in [4.78, 5) is 0. The van der Waals surface area contributed by atoms with Gasteiger partial charge in [0.25, 0.3) is 0 Å². The van der Waals surface area contributed by atoms with Crippen LogP contribution in [0.4, 0.5) is 0 Å². The Bertz CT molecular complexity index is 466. The Labute approximate surface area is 117 Å².